The molecule has 0 fully saturated rings. The smallest absolute Gasteiger partial charge is 0.329 e. The molecule has 3 rings (SSSR count). The average molecular weight is 314 g/mol. The highest BCUT2D eigenvalue weighted by atomic mass is 16.5. The maximum absolute atomic E-state index is 13.1. The maximum atomic E-state index is 13.1. The van der Waals surface area contributed by atoms with Gasteiger partial charge in [-0.1, -0.05) is 30.3 Å². The Labute approximate surface area is 134 Å². The molecule has 1 atom stereocenters. The lowest BCUT2D eigenvalue weighted by atomic mass is 10.1. The molecule has 2 aromatic rings. The summed E-state index contributed by atoms with van der Waals surface area (Å²) in [5.74, 6) is -0.248. The summed E-state index contributed by atoms with van der Waals surface area (Å²) < 4.78 is 10.0. The lowest BCUT2D eigenvalue weighted by molar-refractivity contribution is -0.141. The number of benzene rings is 1. The molecule has 120 valence electrons. The molecular weight excluding hydrogens is 296 g/mol. The first-order valence-electron chi connectivity index (χ1n) is 7.52. The summed E-state index contributed by atoms with van der Waals surface area (Å²) in [6, 6.07) is 6.83. The topological polar surface area (TPSA) is 72.6 Å². The van der Waals surface area contributed by atoms with Crippen LogP contribution in [0.1, 0.15) is 34.3 Å². The number of ether oxygens (including phenoxy) is 1. The van der Waals surface area contributed by atoms with Crippen LogP contribution < -0.4 is 4.90 Å². The molecule has 2 heterocycles. The Morgan fingerprint density at radius 2 is 2.13 bits per heavy atom. The van der Waals surface area contributed by atoms with Crippen LogP contribution in [0, 0.1) is 6.92 Å². The number of esters is 1. The Bertz CT molecular complexity index is 766. The van der Waals surface area contributed by atoms with Gasteiger partial charge in [-0.25, -0.2) is 4.79 Å². The van der Waals surface area contributed by atoms with Crippen LogP contribution in [0.3, 0.4) is 0 Å². The third kappa shape index (κ3) is 2.40. The number of hydrogen-bond acceptors (Lipinski definition) is 5. The molecule has 0 saturated carbocycles. The molecule has 0 saturated heterocycles. The van der Waals surface area contributed by atoms with Gasteiger partial charge in [0.1, 0.15) is 17.4 Å². The second-order valence-electron chi connectivity index (χ2n) is 5.46. The van der Waals surface area contributed by atoms with E-state index >= 15 is 0 Å². The zero-order chi connectivity index (χ0) is 16.6. The second-order valence-corrected chi connectivity index (χ2v) is 5.46. The van der Waals surface area contributed by atoms with Crippen molar-refractivity contribution < 1.29 is 18.8 Å². The Kier molecular flexibility index (Phi) is 3.90. The summed E-state index contributed by atoms with van der Waals surface area (Å²) in [5.41, 5.74) is 2.71. The molecule has 1 aliphatic rings. The van der Waals surface area contributed by atoms with E-state index in [-0.39, 0.29) is 5.91 Å². The third-order valence-corrected chi connectivity index (χ3v) is 4.15. The molecule has 1 amide bonds. The van der Waals surface area contributed by atoms with Crippen molar-refractivity contribution in [3.05, 3.63) is 46.8 Å². The number of carbonyl (C=O) groups excluding carboxylic acids is 2. The number of hydrogen-bond donors (Lipinski definition) is 0. The monoisotopic (exact) mass is 314 g/mol. The van der Waals surface area contributed by atoms with Gasteiger partial charge in [0.15, 0.2) is 0 Å². The van der Waals surface area contributed by atoms with Gasteiger partial charge in [-0.3, -0.25) is 9.69 Å². The van der Waals surface area contributed by atoms with E-state index in [1.807, 2.05) is 31.2 Å². The Balaban J connectivity index is 2.08. The zero-order valence-electron chi connectivity index (χ0n) is 13.3. The fraction of sp³-hybridized carbons (Fsp3) is 0.353. The van der Waals surface area contributed by atoms with E-state index in [4.69, 9.17) is 9.26 Å². The van der Waals surface area contributed by atoms with Crippen LogP contribution >= 0.6 is 0 Å². The fourth-order valence-electron chi connectivity index (χ4n) is 3.02. The molecular formula is C17H18N2O4. The number of aromatic nitrogens is 1. The van der Waals surface area contributed by atoms with Crippen LogP contribution in [0.25, 0.3) is 0 Å². The molecule has 23 heavy (non-hydrogen) atoms. The van der Waals surface area contributed by atoms with Crippen molar-refractivity contribution in [3.8, 4) is 0 Å². The van der Waals surface area contributed by atoms with E-state index in [1.54, 1.807) is 6.92 Å². The Morgan fingerprint density at radius 3 is 2.83 bits per heavy atom. The molecule has 6 heteroatoms. The van der Waals surface area contributed by atoms with Crippen molar-refractivity contribution in [1.82, 2.24) is 5.16 Å². The molecule has 0 spiro atoms. The van der Waals surface area contributed by atoms with Gasteiger partial charge in [-0.05, 0) is 25.0 Å². The standard InChI is InChI=1S/C17H18N2O4/c1-4-12-15(10(2)23-18-12)16(20)19-13-8-6-5-7-11(13)9-14(19)17(21)22-3/h5-8,14H,4,9H2,1-3H3/t14-/m1/s1. The fourth-order valence-corrected chi connectivity index (χ4v) is 3.02. The highest BCUT2D eigenvalue weighted by Crippen LogP contribution is 2.34. The summed E-state index contributed by atoms with van der Waals surface area (Å²) in [6.45, 7) is 3.61. The van der Waals surface area contributed by atoms with Crippen molar-refractivity contribution in [1.29, 1.82) is 0 Å². The van der Waals surface area contributed by atoms with Crippen molar-refractivity contribution in [2.45, 2.75) is 32.7 Å². The molecule has 0 bridgehead atoms. The van der Waals surface area contributed by atoms with Gasteiger partial charge in [0.05, 0.1) is 12.8 Å². The largest absolute Gasteiger partial charge is 0.467 e. The quantitative estimate of drug-likeness (QED) is 0.813. The molecule has 1 aliphatic heterocycles. The van der Waals surface area contributed by atoms with Gasteiger partial charge < -0.3 is 9.26 Å². The van der Waals surface area contributed by atoms with Crippen molar-refractivity contribution in [2.75, 3.05) is 12.0 Å². The Hall–Kier alpha value is -2.63. The van der Waals surface area contributed by atoms with E-state index in [1.165, 1.54) is 12.0 Å². The minimum atomic E-state index is -0.663. The highest BCUT2D eigenvalue weighted by Gasteiger charge is 2.41. The predicted octanol–water partition coefficient (Wildman–Crippen LogP) is 2.29. The summed E-state index contributed by atoms with van der Waals surface area (Å²) in [7, 11) is 1.33. The van der Waals surface area contributed by atoms with Crippen molar-refractivity contribution in [2.24, 2.45) is 0 Å². The summed E-state index contributed by atoms with van der Waals surface area (Å²) in [4.78, 5) is 26.8. The number of amides is 1. The van der Waals surface area contributed by atoms with Crippen molar-refractivity contribution >= 4 is 17.6 Å². The first-order chi connectivity index (χ1) is 11.1. The number of fused-ring (bicyclic) bond motifs is 1. The number of methoxy groups -OCH3 is 1. The normalized spacial score (nSPS) is 16.3. The van der Waals surface area contributed by atoms with Crippen LogP contribution in [0.2, 0.25) is 0 Å². The predicted molar refractivity (Wildman–Crippen MR) is 83.4 cm³/mol. The second kappa shape index (κ2) is 5.87. The molecule has 6 nitrogen and oxygen atoms in total. The van der Waals surface area contributed by atoms with E-state index in [0.29, 0.717) is 29.9 Å². The van der Waals surface area contributed by atoms with Gasteiger partial charge in [0.2, 0.25) is 0 Å². The summed E-state index contributed by atoms with van der Waals surface area (Å²) >= 11 is 0. The van der Waals surface area contributed by atoms with E-state index in [9.17, 15) is 9.59 Å². The maximum Gasteiger partial charge on any atom is 0.329 e. The van der Waals surface area contributed by atoms with E-state index in [2.05, 4.69) is 5.16 Å². The van der Waals surface area contributed by atoms with Crippen LogP contribution in [0.5, 0.6) is 0 Å². The van der Waals surface area contributed by atoms with Gasteiger partial charge in [-0.2, -0.15) is 0 Å². The average Bonchev–Trinajstić information content (AvgIpc) is 3.13. The first-order valence-corrected chi connectivity index (χ1v) is 7.52. The number of carbonyl (C=O) groups is 2. The lowest BCUT2D eigenvalue weighted by Gasteiger charge is -2.23. The third-order valence-electron chi connectivity index (χ3n) is 4.15. The van der Waals surface area contributed by atoms with Gasteiger partial charge in [-0.15, -0.1) is 0 Å². The number of rotatable bonds is 3. The minimum absolute atomic E-state index is 0.277. The number of para-hydroxylation sites is 1. The molecule has 1 aromatic heterocycles. The summed E-state index contributed by atoms with van der Waals surface area (Å²) in [6.07, 6.45) is 1.02. The Morgan fingerprint density at radius 1 is 1.39 bits per heavy atom. The van der Waals surface area contributed by atoms with Crippen LogP contribution in [0.15, 0.2) is 28.8 Å². The minimum Gasteiger partial charge on any atom is -0.467 e. The van der Waals surface area contributed by atoms with Crippen molar-refractivity contribution in [3.63, 3.8) is 0 Å². The van der Waals surface area contributed by atoms with Gasteiger partial charge in [0, 0.05) is 12.1 Å². The molecule has 0 radical (unpaired) electrons. The van der Waals surface area contributed by atoms with E-state index < -0.39 is 12.0 Å². The van der Waals surface area contributed by atoms with Gasteiger partial charge in [0.25, 0.3) is 5.91 Å². The van der Waals surface area contributed by atoms with Gasteiger partial charge >= 0.3 is 5.97 Å². The molecule has 1 aromatic carbocycles. The summed E-state index contributed by atoms with van der Waals surface area (Å²) in [5, 5.41) is 3.93. The number of nitrogens with zero attached hydrogens (tertiary/aromatic N) is 2. The van der Waals surface area contributed by atoms with Crippen LogP contribution in [-0.4, -0.2) is 30.2 Å². The highest BCUT2D eigenvalue weighted by molar-refractivity contribution is 6.12. The van der Waals surface area contributed by atoms with E-state index in [0.717, 1.165) is 11.3 Å². The first kappa shape index (κ1) is 15.3. The molecule has 0 N–H and O–H groups in total. The SMILES string of the molecule is CCc1noc(C)c1C(=O)N1c2ccccc2C[C@@H]1C(=O)OC. The zero-order valence-corrected chi connectivity index (χ0v) is 13.3. The lowest BCUT2D eigenvalue weighted by Crippen LogP contribution is -2.43. The molecule has 0 aliphatic carbocycles. The molecule has 0 unspecified atom stereocenters. The number of aryl methyl sites for hydroxylation is 2. The van der Waals surface area contributed by atoms with Crippen LogP contribution in [-0.2, 0) is 22.4 Å². The van der Waals surface area contributed by atoms with Crippen LogP contribution in [0.4, 0.5) is 5.69 Å². The number of anilines is 1.